The summed E-state index contributed by atoms with van der Waals surface area (Å²) in [6, 6.07) is 16.8. The maximum absolute atomic E-state index is 13.2. The molecule has 2 heterocycles. The summed E-state index contributed by atoms with van der Waals surface area (Å²) in [5, 5.41) is 13.3. The van der Waals surface area contributed by atoms with Gasteiger partial charge in [0, 0.05) is 27.3 Å². The van der Waals surface area contributed by atoms with Crippen molar-refractivity contribution in [1.29, 1.82) is 0 Å². The van der Waals surface area contributed by atoms with Crippen LogP contribution in [-0.2, 0) is 13.0 Å². The highest BCUT2D eigenvalue weighted by atomic mass is 79.9. The lowest BCUT2D eigenvalue weighted by molar-refractivity contribution is 0.102. The van der Waals surface area contributed by atoms with Crippen molar-refractivity contribution < 1.29 is 14.3 Å². The number of aliphatic hydroxyl groups is 1. The van der Waals surface area contributed by atoms with Gasteiger partial charge >= 0.3 is 0 Å². The molecule has 0 fully saturated rings. The number of aryl methyl sites for hydroxylation is 2. The van der Waals surface area contributed by atoms with Gasteiger partial charge in [0.15, 0.2) is 5.58 Å². The smallest absolute Gasteiger partial charge is 0.261 e. The van der Waals surface area contributed by atoms with Crippen molar-refractivity contribution in [3.8, 4) is 0 Å². The van der Waals surface area contributed by atoms with E-state index in [4.69, 9.17) is 4.42 Å². The van der Waals surface area contributed by atoms with E-state index in [1.165, 1.54) is 0 Å². The second kappa shape index (κ2) is 9.46. The Morgan fingerprint density at radius 2 is 1.97 bits per heavy atom. The van der Waals surface area contributed by atoms with E-state index in [-0.39, 0.29) is 23.6 Å². The van der Waals surface area contributed by atoms with Gasteiger partial charge < -0.3 is 14.8 Å². The Kier molecular flexibility index (Phi) is 6.48. The van der Waals surface area contributed by atoms with Gasteiger partial charge in [-0.25, -0.2) is 4.99 Å². The third-order valence-corrected chi connectivity index (χ3v) is 5.65. The summed E-state index contributed by atoms with van der Waals surface area (Å²) in [4.78, 5) is 22.2. The first-order chi connectivity index (χ1) is 15.5. The Morgan fingerprint density at radius 3 is 2.69 bits per heavy atom. The van der Waals surface area contributed by atoms with Crippen molar-refractivity contribution in [3.63, 3.8) is 0 Å². The Labute approximate surface area is 193 Å². The molecule has 7 heteroatoms. The molecule has 0 bridgehead atoms. The van der Waals surface area contributed by atoms with E-state index in [9.17, 15) is 9.90 Å². The average Bonchev–Trinajstić information content (AvgIpc) is 2.81. The zero-order valence-corrected chi connectivity index (χ0v) is 19.3. The van der Waals surface area contributed by atoms with Crippen molar-refractivity contribution in [1.82, 2.24) is 4.98 Å². The van der Waals surface area contributed by atoms with Gasteiger partial charge in [-0.3, -0.25) is 9.78 Å². The molecule has 0 aliphatic rings. The molecule has 6 nitrogen and oxygen atoms in total. The van der Waals surface area contributed by atoms with Gasteiger partial charge in [0.1, 0.15) is 5.56 Å². The summed E-state index contributed by atoms with van der Waals surface area (Å²) in [6.45, 7) is 3.67. The van der Waals surface area contributed by atoms with Crippen LogP contribution in [0.1, 0.15) is 34.1 Å². The maximum Gasteiger partial charge on any atom is 0.261 e. The van der Waals surface area contributed by atoms with Crippen LogP contribution in [0.15, 0.2) is 74.7 Å². The predicted molar refractivity (Wildman–Crippen MR) is 128 cm³/mol. The number of amides is 1. The molecule has 4 rings (SSSR count). The fourth-order valence-electron chi connectivity index (χ4n) is 3.35. The zero-order valence-electron chi connectivity index (χ0n) is 17.7. The van der Waals surface area contributed by atoms with Crippen LogP contribution in [0.2, 0.25) is 0 Å². The SMILES string of the molecule is CCc1cccc(N=c2oc3c(C)ncc(CO)c3cc2C(=O)Nc2ccc(Br)cc2)c1. The molecule has 0 atom stereocenters. The van der Waals surface area contributed by atoms with Gasteiger partial charge in [0.25, 0.3) is 5.91 Å². The van der Waals surface area contributed by atoms with Crippen LogP contribution in [0, 0.1) is 6.92 Å². The van der Waals surface area contributed by atoms with E-state index in [1.54, 1.807) is 24.4 Å². The first kappa shape index (κ1) is 21.9. The molecule has 2 N–H and O–H groups in total. The van der Waals surface area contributed by atoms with Crippen molar-refractivity contribution in [2.45, 2.75) is 26.9 Å². The minimum absolute atomic E-state index is 0.181. The number of anilines is 1. The van der Waals surface area contributed by atoms with Crippen molar-refractivity contribution in [3.05, 3.63) is 93.2 Å². The molecule has 0 aliphatic heterocycles. The molecule has 0 saturated heterocycles. The number of halogens is 1. The Balaban J connectivity index is 1.91. The highest BCUT2D eigenvalue weighted by molar-refractivity contribution is 9.10. The summed E-state index contributed by atoms with van der Waals surface area (Å²) < 4.78 is 7.03. The molecule has 0 radical (unpaired) electrons. The van der Waals surface area contributed by atoms with Crippen LogP contribution in [0.25, 0.3) is 11.0 Å². The molecular formula is C25H22BrN3O3. The molecule has 2 aromatic carbocycles. The van der Waals surface area contributed by atoms with E-state index in [2.05, 4.69) is 38.1 Å². The fourth-order valence-corrected chi connectivity index (χ4v) is 3.62. The minimum Gasteiger partial charge on any atom is -0.436 e. The lowest BCUT2D eigenvalue weighted by Crippen LogP contribution is -2.22. The van der Waals surface area contributed by atoms with Crippen LogP contribution in [0.4, 0.5) is 11.4 Å². The maximum atomic E-state index is 13.2. The van der Waals surface area contributed by atoms with Crippen molar-refractivity contribution in [2.75, 3.05) is 5.32 Å². The molecular weight excluding hydrogens is 470 g/mol. The molecule has 0 unspecified atom stereocenters. The molecule has 0 spiro atoms. The van der Waals surface area contributed by atoms with Crippen molar-refractivity contribution in [2.24, 2.45) is 4.99 Å². The third-order valence-electron chi connectivity index (χ3n) is 5.12. The highest BCUT2D eigenvalue weighted by Gasteiger charge is 2.16. The highest BCUT2D eigenvalue weighted by Crippen LogP contribution is 2.22. The number of fused-ring (bicyclic) bond motifs is 1. The van der Waals surface area contributed by atoms with E-state index in [0.29, 0.717) is 33.6 Å². The number of carbonyl (C=O) groups is 1. The summed E-state index contributed by atoms with van der Waals surface area (Å²) >= 11 is 3.39. The molecule has 0 saturated carbocycles. The van der Waals surface area contributed by atoms with Crippen LogP contribution in [0.3, 0.4) is 0 Å². The second-order valence-electron chi connectivity index (χ2n) is 7.33. The number of nitrogens with zero attached hydrogens (tertiary/aromatic N) is 2. The second-order valence-corrected chi connectivity index (χ2v) is 8.25. The monoisotopic (exact) mass is 491 g/mol. The lowest BCUT2D eigenvalue weighted by atomic mass is 10.1. The van der Waals surface area contributed by atoms with Crippen LogP contribution in [0.5, 0.6) is 0 Å². The van der Waals surface area contributed by atoms with E-state index in [0.717, 1.165) is 16.5 Å². The number of carbonyl (C=O) groups excluding carboxylic acids is 1. The van der Waals surface area contributed by atoms with Gasteiger partial charge in [-0.05, 0) is 61.4 Å². The molecule has 2 aromatic heterocycles. The molecule has 0 aliphatic carbocycles. The standard InChI is InChI=1S/C25H22BrN3O3/c1-3-16-5-4-6-20(11-16)29-25-22(24(31)28-19-9-7-18(26)8-10-19)12-21-17(14-30)13-27-15(2)23(21)32-25/h4-13,30H,3,14H2,1-2H3,(H,28,31). The number of hydrogen-bond acceptors (Lipinski definition) is 5. The average molecular weight is 492 g/mol. The minimum atomic E-state index is -0.360. The van der Waals surface area contributed by atoms with E-state index in [1.807, 2.05) is 43.3 Å². The first-order valence-corrected chi connectivity index (χ1v) is 11.0. The van der Waals surface area contributed by atoms with Crippen LogP contribution < -0.4 is 10.9 Å². The summed E-state index contributed by atoms with van der Waals surface area (Å²) in [6.07, 6.45) is 2.46. The zero-order chi connectivity index (χ0) is 22.7. The number of rotatable bonds is 5. The number of aromatic nitrogens is 1. The summed E-state index contributed by atoms with van der Waals surface area (Å²) in [7, 11) is 0. The quantitative estimate of drug-likeness (QED) is 0.389. The van der Waals surface area contributed by atoms with Crippen molar-refractivity contribution >= 4 is 44.2 Å². The van der Waals surface area contributed by atoms with Crippen LogP contribution in [-0.4, -0.2) is 16.0 Å². The van der Waals surface area contributed by atoms with E-state index < -0.39 is 0 Å². The topological polar surface area (TPSA) is 87.7 Å². The van der Waals surface area contributed by atoms with Gasteiger partial charge in [-0.15, -0.1) is 0 Å². The Bertz CT molecular complexity index is 1360. The Morgan fingerprint density at radius 1 is 1.19 bits per heavy atom. The van der Waals surface area contributed by atoms with Gasteiger partial charge in [-0.1, -0.05) is 35.0 Å². The summed E-state index contributed by atoms with van der Waals surface area (Å²) in [5.74, 6) is -0.360. The molecule has 1 amide bonds. The van der Waals surface area contributed by atoms with Gasteiger partial charge in [0.2, 0.25) is 5.55 Å². The molecule has 32 heavy (non-hydrogen) atoms. The van der Waals surface area contributed by atoms with Crippen LogP contribution >= 0.6 is 15.9 Å². The number of nitrogens with one attached hydrogen (secondary N) is 1. The first-order valence-electron chi connectivity index (χ1n) is 10.2. The number of pyridine rings is 1. The predicted octanol–water partition coefficient (Wildman–Crippen LogP) is 5.44. The van der Waals surface area contributed by atoms with E-state index >= 15 is 0 Å². The molecule has 4 aromatic rings. The molecule has 162 valence electrons. The third kappa shape index (κ3) is 4.64. The summed E-state index contributed by atoms with van der Waals surface area (Å²) in [5.41, 5.74) is 4.63. The lowest BCUT2D eigenvalue weighted by Gasteiger charge is -2.10. The number of benzene rings is 2. The number of hydrogen-bond donors (Lipinski definition) is 2. The van der Waals surface area contributed by atoms with Gasteiger partial charge in [-0.2, -0.15) is 0 Å². The normalized spacial score (nSPS) is 11.7. The number of aliphatic hydroxyl groups excluding tert-OH is 1. The Hall–Kier alpha value is -3.29. The van der Waals surface area contributed by atoms with Gasteiger partial charge in [0.05, 0.1) is 18.0 Å². The fraction of sp³-hybridized carbons (Fsp3) is 0.160. The largest absolute Gasteiger partial charge is 0.436 e.